The van der Waals surface area contributed by atoms with E-state index in [1.165, 1.54) is 30.2 Å². The molecule has 1 N–H and O–H groups in total. The fourth-order valence-electron chi connectivity index (χ4n) is 2.76. The Morgan fingerprint density at radius 3 is 2.61 bits per heavy atom. The Labute approximate surface area is 170 Å². The van der Waals surface area contributed by atoms with Gasteiger partial charge in [-0.05, 0) is 66.7 Å². The van der Waals surface area contributed by atoms with Crippen LogP contribution < -0.4 is 19.7 Å². The molecule has 5 nitrogen and oxygen atoms in total. The number of nitrogens with zero attached hydrogens (tertiary/aromatic N) is 1. The molecular weight excluding hydrogens is 410 g/mol. The number of hydrogen-bond donors (Lipinski definition) is 1. The van der Waals surface area contributed by atoms with Crippen molar-refractivity contribution in [1.82, 2.24) is 5.32 Å². The number of methoxy groups -OCH3 is 1. The molecule has 0 radical (unpaired) electrons. The lowest BCUT2D eigenvalue weighted by atomic mass is 10.1. The largest absolute Gasteiger partial charge is 0.493 e. The van der Waals surface area contributed by atoms with E-state index in [2.05, 4.69) is 10.1 Å². The zero-order chi connectivity index (χ0) is 20.4. The fraction of sp³-hybridized carbons (Fsp3) is 0.158. The summed E-state index contributed by atoms with van der Waals surface area (Å²) in [5.41, 5.74) is 2.05. The third kappa shape index (κ3) is 4.07. The number of amides is 1. The molecule has 0 spiro atoms. The Morgan fingerprint density at radius 2 is 1.96 bits per heavy atom. The Kier molecular flexibility index (Phi) is 5.81. The summed E-state index contributed by atoms with van der Waals surface area (Å²) in [5, 5.41) is 3.60. The first kappa shape index (κ1) is 20.0. The summed E-state index contributed by atoms with van der Waals surface area (Å²) in [6.45, 7) is -1.19. The second-order valence-electron chi connectivity index (χ2n) is 5.85. The van der Waals surface area contributed by atoms with Gasteiger partial charge in [0.2, 0.25) is 0 Å². The molecular formula is C19H15ClF2N2O3S. The molecule has 3 rings (SSSR count). The number of alkyl halides is 2. The third-order valence-electron chi connectivity index (χ3n) is 3.99. The topological polar surface area (TPSA) is 50.8 Å². The molecule has 1 heterocycles. The number of benzene rings is 2. The van der Waals surface area contributed by atoms with Crippen LogP contribution in [0.15, 0.2) is 42.1 Å². The van der Waals surface area contributed by atoms with Crippen molar-refractivity contribution in [3.05, 3.63) is 58.2 Å². The predicted molar refractivity (Wildman–Crippen MR) is 107 cm³/mol. The van der Waals surface area contributed by atoms with Crippen molar-refractivity contribution in [2.24, 2.45) is 0 Å². The van der Waals surface area contributed by atoms with Crippen molar-refractivity contribution < 1.29 is 23.0 Å². The minimum absolute atomic E-state index is 0.134. The van der Waals surface area contributed by atoms with E-state index in [-0.39, 0.29) is 28.2 Å². The normalized spacial score (nSPS) is 15.4. The Balaban J connectivity index is 1.93. The number of anilines is 1. The summed E-state index contributed by atoms with van der Waals surface area (Å²) in [6.07, 6.45) is 1.50. The molecule has 28 heavy (non-hydrogen) atoms. The average molecular weight is 425 g/mol. The highest BCUT2D eigenvalue weighted by Gasteiger charge is 2.32. The third-order valence-corrected chi connectivity index (χ3v) is 4.51. The van der Waals surface area contributed by atoms with E-state index in [1.54, 1.807) is 24.3 Å². The van der Waals surface area contributed by atoms with Crippen LogP contribution in [0.3, 0.4) is 0 Å². The van der Waals surface area contributed by atoms with E-state index in [4.69, 9.17) is 28.6 Å². The second kappa shape index (κ2) is 8.12. The molecule has 0 atom stereocenters. The highest BCUT2D eigenvalue weighted by Crippen LogP contribution is 2.31. The molecule has 1 fully saturated rings. The average Bonchev–Trinajstić information content (AvgIpc) is 2.89. The number of hydrogen-bond acceptors (Lipinski definition) is 4. The summed E-state index contributed by atoms with van der Waals surface area (Å²) >= 11 is 11.3. The van der Waals surface area contributed by atoms with Crippen molar-refractivity contribution in [3.8, 4) is 11.5 Å². The summed E-state index contributed by atoms with van der Waals surface area (Å²) in [7, 11) is 1.35. The Hall–Kier alpha value is -2.71. The lowest BCUT2D eigenvalue weighted by Gasteiger charge is -2.16. The van der Waals surface area contributed by atoms with Crippen molar-refractivity contribution in [2.45, 2.75) is 13.5 Å². The summed E-state index contributed by atoms with van der Waals surface area (Å²) in [4.78, 5) is 14.2. The standard InChI is InChI=1S/C19H15ClF2N2O3S/c1-10-7-12(20)4-5-14(10)24-17(25)13(23-19(24)28)8-11-3-6-15(26-2)16(9-11)27-18(21)22/h3-9,18H,1-2H3,(H,23,28)/b13-8-. The van der Waals surface area contributed by atoms with E-state index in [9.17, 15) is 13.6 Å². The highest BCUT2D eigenvalue weighted by molar-refractivity contribution is 7.80. The van der Waals surface area contributed by atoms with Crippen molar-refractivity contribution >= 4 is 46.6 Å². The molecule has 1 amide bonds. The first-order chi connectivity index (χ1) is 13.3. The minimum Gasteiger partial charge on any atom is -0.493 e. The van der Waals surface area contributed by atoms with Gasteiger partial charge in [-0.2, -0.15) is 8.78 Å². The molecule has 0 aliphatic carbocycles. The number of ether oxygens (including phenoxy) is 2. The Bertz CT molecular complexity index is 982. The summed E-state index contributed by atoms with van der Waals surface area (Å²) < 4.78 is 34.7. The molecule has 146 valence electrons. The molecule has 1 aliphatic heterocycles. The van der Waals surface area contributed by atoms with Crippen LogP contribution in [0.2, 0.25) is 5.02 Å². The SMILES string of the molecule is COc1ccc(/C=C2\NC(=S)N(c3ccc(Cl)cc3C)C2=O)cc1OC(F)F. The van der Waals surface area contributed by atoms with Gasteiger partial charge < -0.3 is 14.8 Å². The lowest BCUT2D eigenvalue weighted by molar-refractivity contribution is -0.113. The van der Waals surface area contributed by atoms with Gasteiger partial charge in [0.15, 0.2) is 16.6 Å². The van der Waals surface area contributed by atoms with Gasteiger partial charge in [0, 0.05) is 5.02 Å². The maximum Gasteiger partial charge on any atom is 0.387 e. The highest BCUT2D eigenvalue weighted by atomic mass is 35.5. The second-order valence-corrected chi connectivity index (χ2v) is 6.67. The molecule has 2 aromatic carbocycles. The van der Waals surface area contributed by atoms with Crippen molar-refractivity contribution in [1.29, 1.82) is 0 Å². The molecule has 0 aromatic heterocycles. The van der Waals surface area contributed by atoms with Crippen molar-refractivity contribution in [2.75, 3.05) is 12.0 Å². The van der Waals surface area contributed by atoms with Gasteiger partial charge >= 0.3 is 6.61 Å². The fourth-order valence-corrected chi connectivity index (χ4v) is 3.28. The number of carbonyl (C=O) groups is 1. The van der Waals surface area contributed by atoms with Gasteiger partial charge in [-0.3, -0.25) is 9.69 Å². The molecule has 1 saturated heterocycles. The van der Waals surface area contributed by atoms with E-state index in [0.29, 0.717) is 16.3 Å². The van der Waals surface area contributed by atoms with E-state index >= 15 is 0 Å². The summed E-state index contributed by atoms with van der Waals surface area (Å²) in [6, 6.07) is 9.53. The van der Waals surface area contributed by atoms with Crippen LogP contribution in [-0.4, -0.2) is 24.7 Å². The van der Waals surface area contributed by atoms with Crippen LogP contribution in [0.5, 0.6) is 11.5 Å². The summed E-state index contributed by atoms with van der Waals surface area (Å²) in [5.74, 6) is -0.352. The Morgan fingerprint density at radius 1 is 1.21 bits per heavy atom. The number of nitrogens with one attached hydrogen (secondary N) is 1. The molecule has 1 aliphatic rings. The number of thiocarbonyl (C=S) groups is 1. The smallest absolute Gasteiger partial charge is 0.387 e. The number of rotatable bonds is 5. The van der Waals surface area contributed by atoms with Crippen LogP contribution in [0, 0.1) is 6.92 Å². The van der Waals surface area contributed by atoms with Gasteiger partial charge in [-0.1, -0.05) is 17.7 Å². The predicted octanol–water partition coefficient (Wildman–Crippen LogP) is 4.52. The molecule has 0 bridgehead atoms. The van der Waals surface area contributed by atoms with E-state index in [0.717, 1.165) is 5.56 Å². The lowest BCUT2D eigenvalue weighted by Crippen LogP contribution is -2.30. The van der Waals surface area contributed by atoms with Crippen molar-refractivity contribution in [3.63, 3.8) is 0 Å². The van der Waals surface area contributed by atoms with Gasteiger partial charge in [0.1, 0.15) is 5.70 Å². The zero-order valence-electron chi connectivity index (χ0n) is 14.8. The van der Waals surface area contributed by atoms with Gasteiger partial charge in [0.25, 0.3) is 5.91 Å². The molecule has 2 aromatic rings. The quantitative estimate of drug-likeness (QED) is 0.565. The zero-order valence-corrected chi connectivity index (χ0v) is 16.4. The minimum atomic E-state index is -3.00. The van der Waals surface area contributed by atoms with Gasteiger partial charge in [-0.25, -0.2) is 0 Å². The van der Waals surface area contributed by atoms with Crippen LogP contribution in [0.25, 0.3) is 6.08 Å². The maximum atomic E-state index is 12.8. The maximum absolute atomic E-state index is 12.8. The monoisotopic (exact) mass is 424 g/mol. The van der Waals surface area contributed by atoms with Crippen LogP contribution >= 0.6 is 23.8 Å². The number of carbonyl (C=O) groups excluding carboxylic acids is 1. The van der Waals surface area contributed by atoms with Gasteiger partial charge in [-0.15, -0.1) is 0 Å². The molecule has 9 heteroatoms. The van der Waals surface area contributed by atoms with E-state index < -0.39 is 6.61 Å². The van der Waals surface area contributed by atoms with Gasteiger partial charge in [0.05, 0.1) is 12.8 Å². The first-order valence-corrected chi connectivity index (χ1v) is 8.85. The molecule has 0 saturated carbocycles. The number of halogens is 3. The molecule has 0 unspecified atom stereocenters. The van der Waals surface area contributed by atoms with Crippen LogP contribution in [0.1, 0.15) is 11.1 Å². The van der Waals surface area contributed by atoms with E-state index in [1.807, 2.05) is 6.92 Å². The first-order valence-electron chi connectivity index (χ1n) is 8.06. The van der Waals surface area contributed by atoms with Crippen LogP contribution in [-0.2, 0) is 4.79 Å². The van der Waals surface area contributed by atoms with Crippen LogP contribution in [0.4, 0.5) is 14.5 Å². The number of aryl methyl sites for hydroxylation is 1.